The second-order valence-electron chi connectivity index (χ2n) is 18.8. The highest BCUT2D eigenvalue weighted by atomic mass is 16.7. The van der Waals surface area contributed by atoms with E-state index in [1.165, 1.54) is 11.3 Å². The van der Waals surface area contributed by atoms with E-state index in [4.69, 9.17) is 9.57 Å². The summed E-state index contributed by atoms with van der Waals surface area (Å²) in [7, 11) is 10.8. The molecule has 3 amide bonds. The van der Waals surface area contributed by atoms with Gasteiger partial charge < -0.3 is 40.3 Å². The monoisotopic (exact) mass is 841 g/mol. The van der Waals surface area contributed by atoms with Gasteiger partial charge in [0, 0.05) is 68.1 Å². The number of likely N-dealkylation sites (N-methyl/N-ethyl adjacent to an activating group) is 3. The Morgan fingerprint density at radius 3 is 2.33 bits per heavy atom. The quantitative estimate of drug-likeness (QED) is 0.154. The van der Waals surface area contributed by atoms with E-state index in [0.29, 0.717) is 64.4 Å². The molecule has 13 heteroatoms. The highest BCUT2D eigenvalue weighted by molar-refractivity contribution is 5.97. The number of carbonyl (C=O) groups excluding carboxylic acids is 3. The van der Waals surface area contributed by atoms with Crippen molar-refractivity contribution in [3.63, 3.8) is 0 Å². The minimum atomic E-state index is -0.934. The Morgan fingerprint density at radius 1 is 1.00 bits per heavy atom. The summed E-state index contributed by atoms with van der Waals surface area (Å²) in [6.45, 7) is 8.99. The first-order chi connectivity index (χ1) is 28.9. The van der Waals surface area contributed by atoms with Gasteiger partial charge in [0.15, 0.2) is 0 Å². The van der Waals surface area contributed by atoms with Crippen LogP contribution in [0, 0.1) is 29.1 Å². The maximum atomic E-state index is 14.4. The Balaban J connectivity index is 1.33. The van der Waals surface area contributed by atoms with E-state index in [1.54, 1.807) is 39.3 Å². The molecule has 13 nitrogen and oxygen atoms in total. The van der Waals surface area contributed by atoms with Crippen LogP contribution in [0.4, 0.5) is 5.69 Å². The molecule has 1 heterocycles. The van der Waals surface area contributed by atoms with E-state index in [1.807, 2.05) is 74.6 Å². The van der Waals surface area contributed by atoms with Crippen molar-refractivity contribution in [3.05, 3.63) is 83.4 Å². The smallest absolute Gasteiger partial charge is 0.251 e. The average Bonchev–Trinajstić information content (AvgIpc) is 3.59. The molecule has 4 aliphatic rings. The summed E-state index contributed by atoms with van der Waals surface area (Å²) < 4.78 is 6.15. The summed E-state index contributed by atoms with van der Waals surface area (Å²) in [5.41, 5.74) is 4.55. The third-order valence-corrected chi connectivity index (χ3v) is 13.7. The minimum Gasteiger partial charge on any atom is -0.496 e. The second-order valence-corrected chi connectivity index (χ2v) is 18.8. The van der Waals surface area contributed by atoms with Gasteiger partial charge in [-0.15, -0.1) is 0 Å². The van der Waals surface area contributed by atoms with Crippen molar-refractivity contribution >= 4 is 23.4 Å². The minimum absolute atomic E-state index is 0.00753. The average molecular weight is 841 g/mol. The molecule has 1 saturated heterocycles. The van der Waals surface area contributed by atoms with Gasteiger partial charge in [0.05, 0.1) is 32.9 Å². The molecule has 7 rings (SSSR count). The van der Waals surface area contributed by atoms with Crippen LogP contribution in [0.1, 0.15) is 62.0 Å². The zero-order valence-electron chi connectivity index (χ0n) is 37.7. The van der Waals surface area contributed by atoms with Crippen molar-refractivity contribution in [1.29, 1.82) is 0 Å². The highest BCUT2D eigenvalue weighted by Crippen LogP contribution is 2.61. The van der Waals surface area contributed by atoms with E-state index >= 15 is 0 Å². The van der Waals surface area contributed by atoms with Crippen molar-refractivity contribution in [2.45, 2.75) is 83.8 Å². The number of ether oxygens (including phenoxy) is 1. The SMILES string of the molecule is COc1c(CN2O[C@@H](CO)[C@@H]([C@H](C)O)[C@H]2C(=O)N[C@H]2C[C@@H]3C[C@H]([C@@H]2C)C3(C)C)cccc1-c1cc(C(=O)N[C@@H](Cc2ccccc2)CN(C)C)cc(N(C)CC(=O)N(C)C)c1. The fourth-order valence-electron chi connectivity index (χ4n) is 10.2. The molecule has 0 unspecified atom stereocenters. The van der Waals surface area contributed by atoms with Crippen LogP contribution in [0.2, 0.25) is 0 Å². The molecular formula is C48H68N6O7. The van der Waals surface area contributed by atoms with Crippen LogP contribution in [0.3, 0.4) is 0 Å². The van der Waals surface area contributed by atoms with Crippen molar-refractivity contribution < 1.29 is 34.2 Å². The second kappa shape index (κ2) is 19.2. The van der Waals surface area contributed by atoms with E-state index in [0.717, 1.165) is 12.0 Å². The van der Waals surface area contributed by atoms with Crippen LogP contribution in [0.25, 0.3) is 11.1 Å². The van der Waals surface area contributed by atoms with E-state index < -0.39 is 24.2 Å². The summed E-state index contributed by atoms with van der Waals surface area (Å²) in [4.78, 5) is 53.3. The number of aliphatic hydroxyl groups excluding tert-OH is 2. The number of benzene rings is 3. The number of amides is 3. The molecule has 0 aromatic heterocycles. The van der Waals surface area contributed by atoms with E-state index in [2.05, 4.69) is 48.4 Å². The van der Waals surface area contributed by atoms with Crippen LogP contribution < -0.4 is 20.3 Å². The van der Waals surface area contributed by atoms with Crippen LogP contribution >= 0.6 is 0 Å². The van der Waals surface area contributed by atoms with Crippen LogP contribution in [-0.2, 0) is 27.4 Å². The number of fused-ring (bicyclic) bond motifs is 2. The molecular weight excluding hydrogens is 773 g/mol. The van der Waals surface area contributed by atoms with Crippen molar-refractivity contribution in [1.82, 2.24) is 25.5 Å². The first-order valence-electron chi connectivity index (χ1n) is 21.7. The lowest BCUT2D eigenvalue weighted by Gasteiger charge is -2.62. The van der Waals surface area contributed by atoms with Crippen LogP contribution in [0.15, 0.2) is 66.7 Å². The largest absolute Gasteiger partial charge is 0.496 e. The molecule has 9 atom stereocenters. The summed E-state index contributed by atoms with van der Waals surface area (Å²) in [5.74, 6) is 0.648. The van der Waals surface area contributed by atoms with Crippen LogP contribution in [-0.4, -0.2) is 135 Å². The molecule has 332 valence electrons. The fourth-order valence-corrected chi connectivity index (χ4v) is 10.2. The Labute approximate surface area is 362 Å². The Morgan fingerprint density at radius 2 is 1.72 bits per heavy atom. The van der Waals surface area contributed by atoms with Gasteiger partial charge in [0.25, 0.3) is 5.91 Å². The van der Waals surface area contributed by atoms with Crippen LogP contribution in [0.5, 0.6) is 5.75 Å². The van der Waals surface area contributed by atoms with Crippen molar-refractivity contribution in [3.8, 4) is 16.9 Å². The van der Waals surface area contributed by atoms with Gasteiger partial charge in [-0.25, -0.2) is 0 Å². The number of nitrogens with one attached hydrogen (secondary N) is 2. The van der Waals surface area contributed by atoms with Gasteiger partial charge in [-0.05, 0) is 92.8 Å². The normalized spacial score (nSPS) is 25.3. The van der Waals surface area contributed by atoms with Gasteiger partial charge in [-0.3, -0.25) is 19.2 Å². The molecule has 3 aromatic rings. The fraction of sp³-hybridized carbons (Fsp3) is 0.562. The van der Waals surface area contributed by atoms with Crippen molar-refractivity contribution in [2.24, 2.45) is 29.1 Å². The van der Waals surface area contributed by atoms with Gasteiger partial charge >= 0.3 is 0 Å². The number of rotatable bonds is 17. The molecule has 3 aliphatic carbocycles. The molecule has 4 N–H and O–H groups in total. The number of carbonyl (C=O) groups is 3. The third-order valence-electron chi connectivity index (χ3n) is 13.7. The summed E-state index contributed by atoms with van der Waals surface area (Å²) in [6.07, 6.45) is 1.01. The highest BCUT2D eigenvalue weighted by Gasteiger charge is 2.57. The molecule has 2 bridgehead atoms. The molecule has 1 aliphatic heterocycles. The molecule has 4 fully saturated rings. The molecule has 0 spiro atoms. The summed E-state index contributed by atoms with van der Waals surface area (Å²) in [5, 5.41) is 29.7. The number of methoxy groups -OCH3 is 1. The first kappa shape index (κ1) is 46.0. The first-order valence-corrected chi connectivity index (χ1v) is 21.7. The Hall–Kier alpha value is -4.53. The predicted molar refractivity (Wildman–Crippen MR) is 238 cm³/mol. The molecule has 3 aromatic carbocycles. The number of aliphatic hydroxyl groups is 2. The summed E-state index contributed by atoms with van der Waals surface area (Å²) >= 11 is 0. The number of nitrogens with zero attached hydrogens (tertiary/aromatic N) is 4. The van der Waals surface area contributed by atoms with Gasteiger partial charge in [0.1, 0.15) is 17.9 Å². The number of hydrogen-bond acceptors (Lipinski definition) is 10. The lowest BCUT2D eigenvalue weighted by Crippen LogP contribution is -2.62. The van der Waals surface area contributed by atoms with E-state index in [9.17, 15) is 24.6 Å². The molecule has 3 saturated carbocycles. The standard InChI is InChI=1S/C48H68N6O7/c1-29-39-23-35(48(39,3)4)24-40(29)50-47(59)44-43(30(2)56)41(28-55)61-54(44)25-32-17-14-18-38(45(32)60-10)33-20-34(22-37(21-33)53(9)27-42(57)52(7)8)46(58)49-36(26-51(5)6)19-31-15-12-11-13-16-31/h11-18,20-22,29-30,35-36,39-41,43-44,55-56H,19,23-28H2,1-10H3,(H,49,58)(H,50,59)/t29-,30-,35-,36-,39+,40-,41-,43+,44-/m0/s1. The topological polar surface area (TPSA) is 147 Å². The number of anilines is 1. The predicted octanol–water partition coefficient (Wildman–Crippen LogP) is 4.45. The van der Waals surface area contributed by atoms with Gasteiger partial charge in [0.2, 0.25) is 11.8 Å². The Bertz CT molecular complexity index is 2010. The maximum Gasteiger partial charge on any atom is 0.251 e. The zero-order chi connectivity index (χ0) is 44.3. The van der Waals surface area contributed by atoms with Crippen molar-refractivity contribution in [2.75, 3.05) is 66.9 Å². The maximum absolute atomic E-state index is 14.4. The van der Waals surface area contributed by atoms with Gasteiger partial charge in [-0.2, -0.15) is 5.06 Å². The lowest BCUT2D eigenvalue weighted by molar-refractivity contribution is -0.183. The number of hydrogen-bond donors (Lipinski definition) is 4. The lowest BCUT2D eigenvalue weighted by atomic mass is 9.45. The number of para-hydroxylation sites is 1. The Kier molecular flexibility index (Phi) is 14.5. The third kappa shape index (κ3) is 10.1. The molecule has 61 heavy (non-hydrogen) atoms. The zero-order valence-corrected chi connectivity index (χ0v) is 37.7. The summed E-state index contributed by atoms with van der Waals surface area (Å²) in [6, 6.07) is 20.3. The number of hydroxylamine groups is 2. The van der Waals surface area contributed by atoms with E-state index in [-0.39, 0.29) is 54.9 Å². The van der Waals surface area contributed by atoms with Gasteiger partial charge in [-0.1, -0.05) is 69.3 Å². The molecule has 0 radical (unpaired) electrons.